The van der Waals surface area contributed by atoms with Crippen LogP contribution in [-0.4, -0.2) is 51.7 Å². The zero-order valence-corrected chi connectivity index (χ0v) is 10.1. The van der Waals surface area contributed by atoms with Gasteiger partial charge in [0, 0.05) is 25.4 Å². The zero-order chi connectivity index (χ0) is 12.2. The number of amides is 1. The average Bonchev–Trinajstić information content (AvgIpc) is 2.44. The Bertz CT molecular complexity index is 345. The number of likely N-dealkylation sites (tertiary alicyclic amines) is 1. The Morgan fingerprint density at radius 2 is 2.25 bits per heavy atom. The van der Waals surface area contributed by atoms with Gasteiger partial charge in [-0.3, -0.25) is 4.79 Å². The quantitative estimate of drug-likeness (QED) is 0.522. The fraction of sp³-hybridized carbons (Fsp3) is 0.889. The standard InChI is InChI=1S/C9H17FN2O3S/c1-11-3-2-4-12-6-8(5-9(12)13)7-16(10,14)15/h8,11H,2-7H2,1H3. The van der Waals surface area contributed by atoms with E-state index >= 15 is 0 Å². The van der Waals surface area contributed by atoms with Crippen LogP contribution in [-0.2, 0) is 15.0 Å². The van der Waals surface area contributed by atoms with Gasteiger partial charge in [-0.25, -0.2) is 0 Å². The molecule has 0 bridgehead atoms. The molecule has 0 radical (unpaired) electrons. The number of carbonyl (C=O) groups excluding carboxylic acids is 1. The molecule has 1 heterocycles. The van der Waals surface area contributed by atoms with Gasteiger partial charge in [-0.15, -0.1) is 3.89 Å². The fourth-order valence-corrected chi connectivity index (χ4v) is 2.70. The summed E-state index contributed by atoms with van der Waals surface area (Å²) >= 11 is 0. The third kappa shape index (κ3) is 4.44. The van der Waals surface area contributed by atoms with Crippen molar-refractivity contribution in [3.8, 4) is 0 Å². The number of carbonyl (C=O) groups is 1. The van der Waals surface area contributed by atoms with Crippen molar-refractivity contribution in [3.05, 3.63) is 0 Å². The highest BCUT2D eigenvalue weighted by molar-refractivity contribution is 7.86. The monoisotopic (exact) mass is 252 g/mol. The van der Waals surface area contributed by atoms with Crippen molar-refractivity contribution in [3.63, 3.8) is 0 Å². The smallest absolute Gasteiger partial charge is 0.302 e. The summed E-state index contributed by atoms with van der Waals surface area (Å²) in [5.74, 6) is -1.01. The normalized spacial score (nSPS) is 21.8. The van der Waals surface area contributed by atoms with Gasteiger partial charge in [0.05, 0.1) is 5.75 Å². The van der Waals surface area contributed by atoms with Crippen molar-refractivity contribution < 1.29 is 17.1 Å². The molecule has 1 amide bonds. The summed E-state index contributed by atoms with van der Waals surface area (Å²) in [6.07, 6.45) is 0.958. The van der Waals surface area contributed by atoms with Crippen LogP contribution in [0.5, 0.6) is 0 Å². The second-order valence-corrected chi connectivity index (χ2v) is 5.48. The van der Waals surface area contributed by atoms with Crippen LogP contribution in [0.25, 0.3) is 0 Å². The lowest BCUT2D eigenvalue weighted by molar-refractivity contribution is -0.127. The summed E-state index contributed by atoms with van der Waals surface area (Å²) in [6, 6.07) is 0. The summed E-state index contributed by atoms with van der Waals surface area (Å²) in [5.41, 5.74) is 0. The van der Waals surface area contributed by atoms with Gasteiger partial charge in [-0.05, 0) is 20.0 Å². The topological polar surface area (TPSA) is 66.5 Å². The molecule has 16 heavy (non-hydrogen) atoms. The molecular formula is C9H17FN2O3S. The second-order valence-electron chi connectivity index (χ2n) is 4.07. The minimum Gasteiger partial charge on any atom is -0.342 e. The maximum atomic E-state index is 12.4. The highest BCUT2D eigenvalue weighted by atomic mass is 32.3. The van der Waals surface area contributed by atoms with Crippen molar-refractivity contribution in [2.24, 2.45) is 5.92 Å². The van der Waals surface area contributed by atoms with E-state index in [4.69, 9.17) is 0 Å². The van der Waals surface area contributed by atoms with E-state index < -0.39 is 21.9 Å². The van der Waals surface area contributed by atoms with Crippen LogP contribution in [0.15, 0.2) is 0 Å². The SMILES string of the molecule is CNCCCN1CC(CS(=O)(=O)F)CC1=O. The summed E-state index contributed by atoms with van der Waals surface area (Å²) < 4.78 is 33.3. The number of hydrogen-bond donors (Lipinski definition) is 1. The molecule has 1 rings (SSSR count). The number of nitrogens with zero attached hydrogens (tertiary/aromatic N) is 1. The van der Waals surface area contributed by atoms with Crippen molar-refractivity contribution in [2.45, 2.75) is 12.8 Å². The third-order valence-electron chi connectivity index (χ3n) is 2.58. The molecule has 1 atom stereocenters. The van der Waals surface area contributed by atoms with E-state index in [0.717, 1.165) is 13.0 Å². The van der Waals surface area contributed by atoms with E-state index in [1.807, 2.05) is 7.05 Å². The van der Waals surface area contributed by atoms with E-state index in [-0.39, 0.29) is 12.3 Å². The molecule has 1 aliphatic heterocycles. The van der Waals surface area contributed by atoms with Crippen molar-refractivity contribution in [1.29, 1.82) is 0 Å². The lowest BCUT2D eigenvalue weighted by Gasteiger charge is -2.15. The van der Waals surface area contributed by atoms with Gasteiger partial charge in [0.2, 0.25) is 5.91 Å². The molecule has 1 aliphatic rings. The van der Waals surface area contributed by atoms with Crippen LogP contribution >= 0.6 is 0 Å². The Kier molecular flexibility index (Phi) is 4.67. The van der Waals surface area contributed by atoms with Gasteiger partial charge in [-0.2, -0.15) is 8.42 Å². The number of hydrogen-bond acceptors (Lipinski definition) is 4. The molecule has 1 N–H and O–H groups in total. The molecule has 1 saturated heterocycles. The molecule has 0 aliphatic carbocycles. The summed E-state index contributed by atoms with van der Waals surface area (Å²) in [4.78, 5) is 13.1. The van der Waals surface area contributed by atoms with E-state index in [9.17, 15) is 17.1 Å². The van der Waals surface area contributed by atoms with Crippen LogP contribution in [0, 0.1) is 5.92 Å². The first-order chi connectivity index (χ1) is 7.42. The van der Waals surface area contributed by atoms with Gasteiger partial charge in [0.1, 0.15) is 0 Å². The van der Waals surface area contributed by atoms with E-state index in [0.29, 0.717) is 13.1 Å². The highest BCUT2D eigenvalue weighted by Gasteiger charge is 2.32. The van der Waals surface area contributed by atoms with Gasteiger partial charge in [0.15, 0.2) is 0 Å². The van der Waals surface area contributed by atoms with Gasteiger partial charge < -0.3 is 10.2 Å². The molecule has 1 fully saturated rings. The summed E-state index contributed by atoms with van der Waals surface area (Å²) in [7, 11) is -2.65. The van der Waals surface area contributed by atoms with Crippen molar-refractivity contribution in [1.82, 2.24) is 10.2 Å². The molecule has 0 aromatic rings. The van der Waals surface area contributed by atoms with Crippen LogP contribution in [0.3, 0.4) is 0 Å². The molecule has 1 unspecified atom stereocenters. The fourth-order valence-electron chi connectivity index (χ4n) is 1.91. The van der Waals surface area contributed by atoms with Gasteiger partial charge >= 0.3 is 10.2 Å². The molecule has 5 nitrogen and oxygen atoms in total. The predicted molar refractivity (Wildman–Crippen MR) is 58.1 cm³/mol. The van der Waals surface area contributed by atoms with Gasteiger partial charge in [0.25, 0.3) is 0 Å². The lowest BCUT2D eigenvalue weighted by atomic mass is 10.1. The first kappa shape index (κ1) is 13.4. The van der Waals surface area contributed by atoms with E-state index in [1.54, 1.807) is 4.90 Å². The average molecular weight is 252 g/mol. The molecule has 0 aromatic carbocycles. The number of rotatable bonds is 6. The maximum absolute atomic E-state index is 12.4. The van der Waals surface area contributed by atoms with Gasteiger partial charge in [-0.1, -0.05) is 0 Å². The number of nitrogens with one attached hydrogen (secondary N) is 1. The van der Waals surface area contributed by atoms with E-state index in [2.05, 4.69) is 5.32 Å². The second kappa shape index (κ2) is 5.58. The lowest BCUT2D eigenvalue weighted by Crippen LogP contribution is -2.28. The van der Waals surface area contributed by atoms with Crippen molar-refractivity contribution in [2.75, 3.05) is 32.4 Å². The highest BCUT2D eigenvalue weighted by Crippen LogP contribution is 2.20. The van der Waals surface area contributed by atoms with Crippen LogP contribution in [0.1, 0.15) is 12.8 Å². The first-order valence-electron chi connectivity index (χ1n) is 5.27. The minimum absolute atomic E-state index is 0.0789. The summed E-state index contributed by atoms with van der Waals surface area (Å²) in [6.45, 7) is 1.75. The Balaban J connectivity index is 2.38. The maximum Gasteiger partial charge on any atom is 0.302 e. The molecule has 7 heteroatoms. The molecular weight excluding hydrogens is 235 g/mol. The van der Waals surface area contributed by atoms with E-state index in [1.165, 1.54) is 0 Å². The molecule has 0 saturated carbocycles. The Morgan fingerprint density at radius 1 is 1.56 bits per heavy atom. The minimum atomic E-state index is -4.47. The first-order valence-corrected chi connectivity index (χ1v) is 6.82. The Hall–Kier alpha value is -0.690. The number of halogens is 1. The summed E-state index contributed by atoms with van der Waals surface area (Å²) in [5, 5.41) is 2.96. The van der Waals surface area contributed by atoms with Crippen molar-refractivity contribution >= 4 is 16.1 Å². The molecule has 0 spiro atoms. The Morgan fingerprint density at radius 3 is 2.81 bits per heavy atom. The molecule has 94 valence electrons. The predicted octanol–water partition coefficient (Wildman–Crippen LogP) is -0.256. The van der Waals surface area contributed by atoms with Crippen LogP contribution in [0.2, 0.25) is 0 Å². The largest absolute Gasteiger partial charge is 0.342 e. The third-order valence-corrected chi connectivity index (χ3v) is 3.45. The Labute approximate surface area is 95.2 Å². The van der Waals surface area contributed by atoms with Crippen LogP contribution < -0.4 is 5.32 Å². The van der Waals surface area contributed by atoms with Crippen LogP contribution in [0.4, 0.5) is 3.89 Å². The molecule has 0 aromatic heterocycles. The zero-order valence-electron chi connectivity index (χ0n) is 9.28.